The number of benzene rings is 1. The van der Waals surface area contributed by atoms with Crippen LogP contribution in [0.2, 0.25) is 0 Å². The highest BCUT2D eigenvalue weighted by Gasteiger charge is 2.70. The second kappa shape index (κ2) is 4.09. The summed E-state index contributed by atoms with van der Waals surface area (Å²) >= 11 is 3.47. The van der Waals surface area contributed by atoms with Gasteiger partial charge in [0.15, 0.2) is 0 Å². The van der Waals surface area contributed by atoms with Gasteiger partial charge in [-0.25, -0.2) is 4.90 Å². The fourth-order valence-corrected chi connectivity index (χ4v) is 4.37. The van der Waals surface area contributed by atoms with Crippen molar-refractivity contribution >= 4 is 33.4 Å². The van der Waals surface area contributed by atoms with Crippen LogP contribution < -0.4 is 4.90 Å². The van der Waals surface area contributed by atoms with Gasteiger partial charge in [0, 0.05) is 4.47 Å². The third kappa shape index (κ3) is 1.56. The van der Waals surface area contributed by atoms with E-state index in [4.69, 9.17) is 4.74 Å². The second-order valence-electron chi connectivity index (χ2n) is 6.70. The predicted molar refractivity (Wildman–Crippen MR) is 85.4 cm³/mol. The summed E-state index contributed by atoms with van der Waals surface area (Å²) in [4.78, 5) is 27.1. The van der Waals surface area contributed by atoms with Crippen molar-refractivity contribution in [3.63, 3.8) is 0 Å². The first kappa shape index (κ1) is 14.2. The SMILES string of the molecule is Cc1ccc(N2C(=O)[C@@H]3[C@@H](C2=O)[C@@]2(C)C=C[C@@]3(C)O2)cc1Br. The quantitative estimate of drug-likeness (QED) is 0.570. The van der Waals surface area contributed by atoms with Crippen LogP contribution in [-0.2, 0) is 14.3 Å². The van der Waals surface area contributed by atoms with Crippen molar-refractivity contribution in [3.8, 4) is 0 Å². The van der Waals surface area contributed by atoms with Crippen molar-refractivity contribution in [1.29, 1.82) is 0 Å². The van der Waals surface area contributed by atoms with Gasteiger partial charge in [-0.1, -0.05) is 34.1 Å². The van der Waals surface area contributed by atoms with E-state index < -0.39 is 23.0 Å². The van der Waals surface area contributed by atoms with E-state index in [-0.39, 0.29) is 11.8 Å². The maximum atomic E-state index is 12.9. The van der Waals surface area contributed by atoms with Crippen LogP contribution in [0.25, 0.3) is 0 Å². The molecule has 0 aromatic heterocycles. The molecule has 5 heteroatoms. The van der Waals surface area contributed by atoms with Gasteiger partial charge in [-0.05, 0) is 38.5 Å². The van der Waals surface area contributed by atoms with Gasteiger partial charge in [-0.15, -0.1) is 0 Å². The number of amides is 2. The average Bonchev–Trinajstić information content (AvgIpc) is 2.99. The maximum absolute atomic E-state index is 12.9. The van der Waals surface area contributed by atoms with E-state index in [9.17, 15) is 9.59 Å². The van der Waals surface area contributed by atoms with Gasteiger partial charge in [0.25, 0.3) is 0 Å². The highest BCUT2D eigenvalue weighted by Crippen LogP contribution is 2.57. The Kier molecular flexibility index (Phi) is 2.63. The third-order valence-electron chi connectivity index (χ3n) is 5.14. The molecule has 22 heavy (non-hydrogen) atoms. The number of fused-ring (bicyclic) bond motifs is 5. The fourth-order valence-electron chi connectivity index (χ4n) is 4.01. The van der Waals surface area contributed by atoms with E-state index >= 15 is 0 Å². The number of rotatable bonds is 1. The maximum Gasteiger partial charge on any atom is 0.241 e. The number of carbonyl (C=O) groups excluding carboxylic acids is 2. The summed E-state index contributed by atoms with van der Waals surface area (Å²) < 4.78 is 6.88. The van der Waals surface area contributed by atoms with E-state index in [1.807, 2.05) is 51.1 Å². The largest absolute Gasteiger partial charge is 0.359 e. The van der Waals surface area contributed by atoms with Crippen molar-refractivity contribution in [2.24, 2.45) is 11.8 Å². The van der Waals surface area contributed by atoms with Crippen molar-refractivity contribution < 1.29 is 14.3 Å². The minimum Gasteiger partial charge on any atom is -0.359 e. The molecule has 4 nitrogen and oxygen atoms in total. The summed E-state index contributed by atoms with van der Waals surface area (Å²) in [6.07, 6.45) is 3.85. The summed E-state index contributed by atoms with van der Waals surface area (Å²) in [7, 11) is 0. The molecule has 0 unspecified atom stereocenters. The predicted octanol–water partition coefficient (Wildman–Crippen LogP) is 2.98. The molecule has 3 aliphatic heterocycles. The van der Waals surface area contributed by atoms with Crippen molar-refractivity contribution in [1.82, 2.24) is 0 Å². The first-order valence-electron chi connectivity index (χ1n) is 7.31. The Morgan fingerprint density at radius 3 is 2.14 bits per heavy atom. The second-order valence-corrected chi connectivity index (χ2v) is 7.56. The van der Waals surface area contributed by atoms with Gasteiger partial charge in [-0.3, -0.25) is 9.59 Å². The summed E-state index contributed by atoms with van der Waals surface area (Å²) in [6, 6.07) is 5.55. The molecule has 2 fully saturated rings. The number of halogens is 1. The van der Waals surface area contributed by atoms with E-state index in [2.05, 4.69) is 15.9 Å². The third-order valence-corrected chi connectivity index (χ3v) is 5.99. The summed E-state index contributed by atoms with van der Waals surface area (Å²) in [5.74, 6) is -1.20. The lowest BCUT2D eigenvalue weighted by molar-refractivity contribution is -0.128. The van der Waals surface area contributed by atoms with Crippen LogP contribution in [0.15, 0.2) is 34.8 Å². The minimum atomic E-state index is -0.678. The van der Waals surface area contributed by atoms with Crippen LogP contribution in [-0.4, -0.2) is 23.0 Å². The topological polar surface area (TPSA) is 46.6 Å². The molecule has 0 saturated carbocycles. The summed E-state index contributed by atoms with van der Waals surface area (Å²) in [6.45, 7) is 5.74. The average molecular weight is 362 g/mol. The standard InChI is InChI=1S/C17H16BrNO3/c1-9-4-5-10(8-11(9)18)19-14(20)12-13(15(19)21)17(3)7-6-16(12,2)22-17/h4-8,12-13H,1-3H3/t12-,13-,16+,17+/m0/s1. The Balaban J connectivity index is 1.81. The van der Waals surface area contributed by atoms with Crippen LogP contribution >= 0.6 is 15.9 Å². The normalized spacial score (nSPS) is 39.0. The number of nitrogens with zero attached hydrogens (tertiary/aromatic N) is 1. The molecule has 2 bridgehead atoms. The van der Waals surface area contributed by atoms with E-state index in [0.717, 1.165) is 10.0 Å². The number of carbonyl (C=O) groups is 2. The Bertz CT molecular complexity index is 722. The molecule has 114 valence electrons. The van der Waals surface area contributed by atoms with Gasteiger partial charge < -0.3 is 4.74 Å². The van der Waals surface area contributed by atoms with Gasteiger partial charge >= 0.3 is 0 Å². The molecule has 2 saturated heterocycles. The molecule has 0 radical (unpaired) electrons. The number of hydrogen-bond acceptors (Lipinski definition) is 3. The fraction of sp³-hybridized carbons (Fsp3) is 0.412. The molecular formula is C17H16BrNO3. The zero-order valence-electron chi connectivity index (χ0n) is 12.6. The molecule has 0 N–H and O–H groups in total. The number of imide groups is 1. The molecule has 4 atom stereocenters. The first-order chi connectivity index (χ1) is 10.3. The van der Waals surface area contributed by atoms with Gasteiger partial charge in [-0.2, -0.15) is 0 Å². The lowest BCUT2D eigenvalue weighted by atomic mass is 9.73. The highest BCUT2D eigenvalue weighted by molar-refractivity contribution is 9.10. The summed E-state index contributed by atoms with van der Waals surface area (Å²) in [5.41, 5.74) is 0.326. The van der Waals surface area contributed by atoms with Crippen LogP contribution in [0.4, 0.5) is 5.69 Å². The van der Waals surface area contributed by atoms with Gasteiger partial charge in [0.05, 0.1) is 28.7 Å². The lowest BCUT2D eigenvalue weighted by Crippen LogP contribution is -2.39. The van der Waals surface area contributed by atoms with Crippen LogP contribution in [0.1, 0.15) is 19.4 Å². The molecular weight excluding hydrogens is 346 g/mol. The molecule has 1 aromatic rings. The number of hydrogen-bond donors (Lipinski definition) is 0. The van der Waals surface area contributed by atoms with Crippen LogP contribution in [0.5, 0.6) is 0 Å². The molecule has 3 heterocycles. The molecule has 0 aliphatic carbocycles. The Hall–Kier alpha value is -1.46. The Labute approximate surface area is 137 Å². The van der Waals surface area contributed by atoms with Gasteiger partial charge in [0.2, 0.25) is 11.8 Å². The van der Waals surface area contributed by atoms with Crippen LogP contribution in [0, 0.1) is 18.8 Å². The van der Waals surface area contributed by atoms with Crippen molar-refractivity contribution in [3.05, 3.63) is 40.4 Å². The number of aryl methyl sites for hydroxylation is 1. The molecule has 2 amide bonds. The monoisotopic (exact) mass is 361 g/mol. The first-order valence-corrected chi connectivity index (χ1v) is 8.11. The van der Waals surface area contributed by atoms with E-state index in [1.165, 1.54) is 4.90 Å². The zero-order chi connectivity index (χ0) is 15.9. The van der Waals surface area contributed by atoms with E-state index in [1.54, 1.807) is 0 Å². The molecule has 3 aliphatic rings. The molecule has 0 spiro atoms. The lowest BCUT2D eigenvalue weighted by Gasteiger charge is -2.25. The Morgan fingerprint density at radius 2 is 1.64 bits per heavy atom. The molecule has 4 rings (SSSR count). The van der Waals surface area contributed by atoms with E-state index in [0.29, 0.717) is 5.69 Å². The molecule has 1 aromatic carbocycles. The van der Waals surface area contributed by atoms with Crippen LogP contribution in [0.3, 0.4) is 0 Å². The van der Waals surface area contributed by atoms with Crippen molar-refractivity contribution in [2.75, 3.05) is 4.90 Å². The summed E-state index contributed by atoms with van der Waals surface area (Å²) in [5, 5.41) is 0. The minimum absolute atomic E-state index is 0.165. The number of ether oxygens (including phenoxy) is 1. The van der Waals surface area contributed by atoms with Crippen molar-refractivity contribution in [2.45, 2.75) is 32.0 Å². The smallest absolute Gasteiger partial charge is 0.241 e. The number of anilines is 1. The Morgan fingerprint density at radius 1 is 1.09 bits per heavy atom. The zero-order valence-corrected chi connectivity index (χ0v) is 14.2. The van der Waals surface area contributed by atoms with Gasteiger partial charge in [0.1, 0.15) is 0 Å². The highest BCUT2D eigenvalue weighted by atomic mass is 79.9.